The van der Waals surface area contributed by atoms with Gasteiger partial charge in [0.2, 0.25) is 0 Å². The van der Waals surface area contributed by atoms with Crippen molar-refractivity contribution in [1.29, 1.82) is 0 Å². The maximum Gasteiger partial charge on any atom is 0.466 e. The average Bonchev–Trinajstić information content (AvgIpc) is 3.13. The highest BCUT2D eigenvalue weighted by Gasteiger charge is 2.00. The van der Waals surface area contributed by atoms with Crippen LogP contribution >= 0.6 is 7.82 Å². The molecule has 1 fully saturated rings. The van der Waals surface area contributed by atoms with Gasteiger partial charge < -0.3 is 24.2 Å². The minimum atomic E-state index is -4.64. The maximum absolute atomic E-state index is 8.88. The van der Waals surface area contributed by atoms with E-state index in [0.717, 1.165) is 19.0 Å². The highest BCUT2D eigenvalue weighted by atomic mass is 31.2. The number of ether oxygens (including phenoxy) is 2. The van der Waals surface area contributed by atoms with E-state index in [1.807, 2.05) is 30.3 Å². The van der Waals surface area contributed by atoms with Crippen LogP contribution in [0.4, 0.5) is 0 Å². The average molecular weight is 276 g/mol. The van der Waals surface area contributed by atoms with E-state index in [1.54, 1.807) is 6.08 Å². The van der Waals surface area contributed by atoms with Crippen LogP contribution < -0.4 is 4.74 Å². The number of phosphoric acid groups is 1. The van der Waals surface area contributed by atoms with Gasteiger partial charge >= 0.3 is 7.82 Å². The molecule has 1 heterocycles. The summed E-state index contributed by atoms with van der Waals surface area (Å²) in [6.45, 7) is 6.12. The van der Waals surface area contributed by atoms with Gasteiger partial charge in [0.1, 0.15) is 12.4 Å². The Morgan fingerprint density at radius 3 is 2.06 bits per heavy atom. The molecule has 0 atom stereocenters. The lowest BCUT2D eigenvalue weighted by Crippen LogP contribution is -1.91. The van der Waals surface area contributed by atoms with Crippen molar-refractivity contribution in [2.75, 3.05) is 19.8 Å². The molecule has 102 valence electrons. The molecule has 6 nitrogen and oxygen atoms in total. The Labute approximate surface area is 106 Å². The summed E-state index contributed by atoms with van der Waals surface area (Å²) < 4.78 is 18.6. The van der Waals surface area contributed by atoms with Gasteiger partial charge in [-0.25, -0.2) is 4.57 Å². The van der Waals surface area contributed by atoms with Gasteiger partial charge in [-0.3, -0.25) is 0 Å². The smallest absolute Gasteiger partial charge is 0.466 e. The molecule has 0 spiro atoms. The predicted molar refractivity (Wildman–Crippen MR) is 67.2 cm³/mol. The summed E-state index contributed by atoms with van der Waals surface area (Å²) >= 11 is 0. The van der Waals surface area contributed by atoms with Crippen molar-refractivity contribution in [1.82, 2.24) is 0 Å². The number of rotatable bonds is 3. The number of benzene rings is 1. The molecule has 0 aliphatic carbocycles. The van der Waals surface area contributed by atoms with Crippen LogP contribution in [0.25, 0.3) is 0 Å². The zero-order valence-corrected chi connectivity index (χ0v) is 10.7. The summed E-state index contributed by atoms with van der Waals surface area (Å²) in [4.78, 5) is 21.6. The van der Waals surface area contributed by atoms with Crippen molar-refractivity contribution in [2.24, 2.45) is 0 Å². The Morgan fingerprint density at radius 1 is 1.28 bits per heavy atom. The van der Waals surface area contributed by atoms with E-state index in [9.17, 15) is 0 Å². The summed E-state index contributed by atoms with van der Waals surface area (Å²) in [5.74, 6) is 0.891. The highest BCUT2D eigenvalue weighted by molar-refractivity contribution is 7.45. The van der Waals surface area contributed by atoms with Crippen molar-refractivity contribution in [3.63, 3.8) is 0 Å². The Balaban J connectivity index is 0.000000299. The summed E-state index contributed by atoms with van der Waals surface area (Å²) in [6.07, 6.45) is 1.73. The fourth-order valence-corrected chi connectivity index (χ4v) is 0.672. The molecule has 0 bridgehead atoms. The molecule has 0 aromatic heterocycles. The molecule has 1 aliphatic heterocycles. The van der Waals surface area contributed by atoms with Crippen molar-refractivity contribution in [2.45, 2.75) is 0 Å². The van der Waals surface area contributed by atoms with Gasteiger partial charge in [0, 0.05) is 0 Å². The molecule has 18 heavy (non-hydrogen) atoms. The first-order chi connectivity index (χ1) is 8.43. The third kappa shape index (κ3) is 20.3. The van der Waals surface area contributed by atoms with Crippen LogP contribution in [0.3, 0.4) is 0 Å². The number of hydrogen-bond donors (Lipinski definition) is 3. The normalized spacial score (nSPS) is 12.2. The van der Waals surface area contributed by atoms with Crippen molar-refractivity contribution < 1.29 is 28.7 Å². The molecule has 1 aromatic rings. The molecular formula is C11H17O6P. The van der Waals surface area contributed by atoms with Crippen LogP contribution in [-0.2, 0) is 9.30 Å². The molecule has 1 saturated heterocycles. The minimum Gasteiger partial charge on any atom is -0.490 e. The van der Waals surface area contributed by atoms with Gasteiger partial charge in [-0.05, 0) is 12.1 Å². The summed E-state index contributed by atoms with van der Waals surface area (Å²) in [7, 11) is -4.64. The third-order valence-corrected chi connectivity index (χ3v) is 1.32. The molecule has 2 rings (SSSR count). The molecule has 0 radical (unpaired) electrons. The van der Waals surface area contributed by atoms with Gasteiger partial charge in [-0.15, -0.1) is 0 Å². The first-order valence-electron chi connectivity index (χ1n) is 5.08. The molecule has 1 aromatic carbocycles. The molecule has 0 amide bonds. The van der Waals surface area contributed by atoms with E-state index < -0.39 is 7.82 Å². The lowest BCUT2D eigenvalue weighted by atomic mass is 10.3. The lowest BCUT2D eigenvalue weighted by molar-refractivity contribution is 0.275. The Bertz CT molecular complexity index is 348. The van der Waals surface area contributed by atoms with Crippen LogP contribution in [0, 0.1) is 0 Å². The minimum absolute atomic E-state index is 0.573. The first kappa shape index (κ1) is 16.8. The topological polar surface area (TPSA) is 99.5 Å². The van der Waals surface area contributed by atoms with Gasteiger partial charge in [0.15, 0.2) is 0 Å². The van der Waals surface area contributed by atoms with Crippen LogP contribution in [0.2, 0.25) is 0 Å². The predicted octanol–water partition coefficient (Wildman–Crippen LogP) is 1.34. The number of para-hydroxylation sites is 1. The van der Waals surface area contributed by atoms with Crippen molar-refractivity contribution >= 4 is 7.82 Å². The molecule has 7 heteroatoms. The Morgan fingerprint density at radius 2 is 1.72 bits per heavy atom. The van der Waals surface area contributed by atoms with E-state index in [0.29, 0.717) is 6.61 Å². The summed E-state index contributed by atoms with van der Waals surface area (Å²) in [5.41, 5.74) is 0. The number of epoxide rings is 1. The highest BCUT2D eigenvalue weighted by Crippen LogP contribution is 2.25. The molecular weight excluding hydrogens is 259 g/mol. The van der Waals surface area contributed by atoms with E-state index >= 15 is 0 Å². The van der Waals surface area contributed by atoms with E-state index in [4.69, 9.17) is 24.0 Å². The van der Waals surface area contributed by atoms with Crippen LogP contribution in [0.1, 0.15) is 0 Å². The fourth-order valence-electron chi connectivity index (χ4n) is 0.672. The zero-order valence-electron chi connectivity index (χ0n) is 9.81. The van der Waals surface area contributed by atoms with Gasteiger partial charge in [-0.2, -0.15) is 0 Å². The third-order valence-electron chi connectivity index (χ3n) is 1.32. The van der Waals surface area contributed by atoms with Crippen LogP contribution in [-0.4, -0.2) is 34.5 Å². The summed E-state index contributed by atoms with van der Waals surface area (Å²) in [5, 5.41) is 0. The molecule has 1 aliphatic rings. The second-order valence-electron chi connectivity index (χ2n) is 3.04. The SMILES string of the molecule is C1CO1.C=CCOc1ccccc1.O=P(O)(O)O. The molecule has 3 N–H and O–H groups in total. The largest absolute Gasteiger partial charge is 0.490 e. The van der Waals surface area contributed by atoms with E-state index in [-0.39, 0.29) is 0 Å². The van der Waals surface area contributed by atoms with E-state index in [1.165, 1.54) is 0 Å². The second-order valence-corrected chi connectivity index (χ2v) is 4.06. The number of hydrogen-bond acceptors (Lipinski definition) is 3. The molecule has 0 saturated carbocycles. The van der Waals surface area contributed by atoms with Crippen LogP contribution in [0.5, 0.6) is 5.75 Å². The Kier molecular flexibility index (Phi) is 9.18. The summed E-state index contributed by atoms with van der Waals surface area (Å²) in [6, 6.07) is 9.69. The maximum atomic E-state index is 8.88. The fraction of sp³-hybridized carbons (Fsp3) is 0.273. The van der Waals surface area contributed by atoms with Crippen LogP contribution in [0.15, 0.2) is 43.0 Å². The van der Waals surface area contributed by atoms with Gasteiger partial charge in [0.05, 0.1) is 13.2 Å². The van der Waals surface area contributed by atoms with Crippen molar-refractivity contribution in [3.05, 3.63) is 43.0 Å². The standard InChI is InChI=1S/C9H10O.C2H4O.H3O4P/c1-2-8-10-9-6-4-3-5-7-9;1-2-3-1;1-5(2,3)4/h2-7H,1,8H2;1-2H2;(H3,1,2,3,4). The van der Waals surface area contributed by atoms with Crippen molar-refractivity contribution in [3.8, 4) is 5.75 Å². The zero-order chi connectivity index (χ0) is 13.9. The van der Waals surface area contributed by atoms with E-state index in [2.05, 4.69) is 11.3 Å². The second kappa shape index (κ2) is 9.82. The molecule has 0 unspecified atom stereocenters. The monoisotopic (exact) mass is 276 g/mol. The van der Waals surface area contributed by atoms with Gasteiger partial charge in [0.25, 0.3) is 0 Å². The first-order valence-corrected chi connectivity index (χ1v) is 6.65. The Hall–Kier alpha value is -1.17. The quantitative estimate of drug-likeness (QED) is 0.437. The van der Waals surface area contributed by atoms with Gasteiger partial charge in [-0.1, -0.05) is 30.9 Å². The lowest BCUT2D eigenvalue weighted by Gasteiger charge is -1.99.